The quantitative estimate of drug-likeness (QED) is 0.828. The molecule has 0 spiro atoms. The Bertz CT molecular complexity index is 739. The molecule has 0 saturated carbocycles. The van der Waals surface area contributed by atoms with Crippen molar-refractivity contribution in [2.75, 3.05) is 0 Å². The van der Waals surface area contributed by atoms with Gasteiger partial charge in [-0.15, -0.1) is 5.10 Å². The number of carbonyl (C=O) groups is 1. The Labute approximate surface area is 142 Å². The third-order valence-corrected chi connectivity index (χ3v) is 8.82. The number of hydrogen-bond donors (Lipinski definition) is 1. The molecule has 2 aromatic rings. The molecule has 2 heterocycles. The first-order valence-electron chi connectivity index (χ1n) is 7.67. The van der Waals surface area contributed by atoms with E-state index in [0.717, 1.165) is 0 Å². The zero-order valence-corrected chi connectivity index (χ0v) is 15.8. The molecule has 1 atom stereocenters. The van der Waals surface area contributed by atoms with Crippen LogP contribution in [0.15, 0.2) is 18.7 Å². The first-order valence-corrected chi connectivity index (χ1v) is 10.6. The number of nitrogens with zero attached hydrogens (tertiary/aromatic N) is 5. The van der Waals surface area contributed by atoms with Crippen LogP contribution in [0.4, 0.5) is 0 Å². The second-order valence-electron chi connectivity index (χ2n) is 7.10. The monoisotopic (exact) mass is 349 g/mol. The average Bonchev–Trinajstić information content (AvgIpc) is 2.95. The van der Waals surface area contributed by atoms with Gasteiger partial charge in [-0.25, -0.2) is 14.8 Å². The van der Waals surface area contributed by atoms with Crippen molar-refractivity contribution < 1.29 is 14.3 Å². The zero-order chi connectivity index (χ0) is 18.1. The maximum Gasteiger partial charge on any atom is 0.375 e. The van der Waals surface area contributed by atoms with Gasteiger partial charge >= 0.3 is 5.97 Å². The van der Waals surface area contributed by atoms with Gasteiger partial charge < -0.3 is 9.53 Å². The lowest BCUT2D eigenvalue weighted by molar-refractivity contribution is 0.0683. The van der Waals surface area contributed by atoms with Crippen molar-refractivity contribution in [3.05, 3.63) is 30.2 Å². The van der Waals surface area contributed by atoms with Crippen molar-refractivity contribution in [1.29, 1.82) is 0 Å². The average molecular weight is 349 g/mol. The van der Waals surface area contributed by atoms with Crippen LogP contribution >= 0.6 is 0 Å². The highest BCUT2D eigenvalue weighted by atomic mass is 28.4. The minimum Gasteiger partial charge on any atom is -0.475 e. The van der Waals surface area contributed by atoms with E-state index in [2.05, 4.69) is 53.9 Å². The lowest BCUT2D eigenvalue weighted by atomic mass is 10.2. The minimum atomic E-state index is -1.99. The van der Waals surface area contributed by atoms with E-state index in [0.29, 0.717) is 11.5 Å². The highest BCUT2D eigenvalue weighted by Crippen LogP contribution is 2.39. The van der Waals surface area contributed by atoms with Crippen LogP contribution in [0.1, 0.15) is 50.1 Å². The summed E-state index contributed by atoms with van der Waals surface area (Å²) in [5.41, 5.74) is 0.601. The third kappa shape index (κ3) is 3.67. The van der Waals surface area contributed by atoms with E-state index < -0.39 is 14.3 Å². The van der Waals surface area contributed by atoms with Gasteiger partial charge in [-0.2, -0.15) is 4.68 Å². The standard InChI is InChI=1S/C15H23N5O3Si/c1-10(23-24(5,6)15(2,3)4)11-13(17-8-7-16-11)20-9-18-12(19-20)14(21)22/h7-10H,1-6H3,(H,21,22)/t10-/m1/s1. The van der Waals surface area contributed by atoms with Crippen LogP contribution in [0, 0.1) is 0 Å². The number of aromatic nitrogens is 5. The zero-order valence-electron chi connectivity index (χ0n) is 14.8. The van der Waals surface area contributed by atoms with E-state index >= 15 is 0 Å². The van der Waals surface area contributed by atoms with E-state index in [1.54, 1.807) is 6.20 Å². The molecule has 1 N–H and O–H groups in total. The summed E-state index contributed by atoms with van der Waals surface area (Å²) in [4.78, 5) is 23.4. The molecular weight excluding hydrogens is 326 g/mol. The highest BCUT2D eigenvalue weighted by Gasteiger charge is 2.39. The Morgan fingerprint density at radius 1 is 1.25 bits per heavy atom. The van der Waals surface area contributed by atoms with Crippen LogP contribution in [0.2, 0.25) is 18.1 Å². The molecule has 0 fully saturated rings. The number of aromatic carboxylic acids is 1. The number of carboxylic acids is 1. The largest absolute Gasteiger partial charge is 0.475 e. The van der Waals surface area contributed by atoms with E-state index in [1.165, 1.54) is 17.2 Å². The number of carboxylic acid groups (broad SMARTS) is 1. The summed E-state index contributed by atoms with van der Waals surface area (Å²) in [6.45, 7) is 12.7. The smallest absolute Gasteiger partial charge is 0.375 e. The lowest BCUT2D eigenvalue weighted by Gasteiger charge is -2.38. The summed E-state index contributed by atoms with van der Waals surface area (Å²) in [5, 5.41) is 13.0. The van der Waals surface area contributed by atoms with Gasteiger partial charge in [0.15, 0.2) is 14.1 Å². The summed E-state index contributed by atoms with van der Waals surface area (Å²) in [6, 6.07) is 0. The van der Waals surface area contributed by atoms with Crippen LogP contribution in [0.25, 0.3) is 5.82 Å². The van der Waals surface area contributed by atoms with Crippen molar-refractivity contribution in [2.45, 2.75) is 51.9 Å². The number of hydrogen-bond acceptors (Lipinski definition) is 6. The second-order valence-corrected chi connectivity index (χ2v) is 11.9. The summed E-state index contributed by atoms with van der Waals surface area (Å²) in [6.07, 6.45) is 4.13. The van der Waals surface area contributed by atoms with Crippen LogP contribution in [0.5, 0.6) is 0 Å². The molecule has 0 bridgehead atoms. The van der Waals surface area contributed by atoms with E-state index in [1.807, 2.05) is 6.92 Å². The van der Waals surface area contributed by atoms with Crippen LogP contribution in [-0.4, -0.2) is 44.1 Å². The third-order valence-electron chi connectivity index (χ3n) is 4.27. The Hall–Kier alpha value is -2.13. The van der Waals surface area contributed by atoms with Crippen molar-refractivity contribution in [2.24, 2.45) is 0 Å². The molecule has 8 nitrogen and oxygen atoms in total. The van der Waals surface area contributed by atoms with Gasteiger partial charge in [-0.3, -0.25) is 4.98 Å². The van der Waals surface area contributed by atoms with E-state index in [4.69, 9.17) is 9.53 Å². The first-order chi connectivity index (χ1) is 11.0. The van der Waals surface area contributed by atoms with Gasteiger partial charge in [0.2, 0.25) is 0 Å². The summed E-state index contributed by atoms with van der Waals surface area (Å²) < 4.78 is 7.68. The van der Waals surface area contributed by atoms with E-state index in [9.17, 15) is 4.79 Å². The Morgan fingerprint density at radius 2 is 1.88 bits per heavy atom. The van der Waals surface area contributed by atoms with Gasteiger partial charge in [0.05, 0.1) is 6.10 Å². The second kappa shape index (κ2) is 6.40. The van der Waals surface area contributed by atoms with Gasteiger partial charge in [-0.05, 0) is 25.1 Å². The summed E-state index contributed by atoms with van der Waals surface area (Å²) in [5.74, 6) is -1.06. The van der Waals surface area contributed by atoms with Crippen molar-refractivity contribution in [3.8, 4) is 5.82 Å². The van der Waals surface area contributed by atoms with Crippen LogP contribution in [-0.2, 0) is 4.43 Å². The predicted octanol–water partition coefficient (Wildman–Crippen LogP) is 2.84. The minimum absolute atomic E-state index is 0.0629. The van der Waals surface area contributed by atoms with Gasteiger partial charge in [0, 0.05) is 12.4 Å². The van der Waals surface area contributed by atoms with Gasteiger partial charge in [0.1, 0.15) is 12.0 Å². The topological polar surface area (TPSA) is 103 Å². The van der Waals surface area contributed by atoms with Gasteiger partial charge in [-0.1, -0.05) is 20.8 Å². The summed E-state index contributed by atoms with van der Waals surface area (Å²) in [7, 11) is -1.99. The molecule has 130 valence electrons. The lowest BCUT2D eigenvalue weighted by Crippen LogP contribution is -2.41. The van der Waals surface area contributed by atoms with Gasteiger partial charge in [0.25, 0.3) is 5.82 Å². The van der Waals surface area contributed by atoms with Crippen molar-refractivity contribution >= 4 is 14.3 Å². The molecule has 0 aliphatic carbocycles. The fourth-order valence-corrected chi connectivity index (χ4v) is 3.29. The Balaban J connectivity index is 2.36. The van der Waals surface area contributed by atoms with Crippen molar-refractivity contribution in [3.63, 3.8) is 0 Å². The SMILES string of the molecule is C[C@@H](O[Si](C)(C)C(C)(C)C)c1nccnc1-n1cnc(C(=O)O)n1. The fourth-order valence-electron chi connectivity index (χ4n) is 1.94. The van der Waals surface area contributed by atoms with Crippen LogP contribution in [0.3, 0.4) is 0 Å². The Kier molecular flexibility index (Phi) is 4.86. The maximum atomic E-state index is 11.0. The van der Waals surface area contributed by atoms with Crippen molar-refractivity contribution in [1.82, 2.24) is 24.7 Å². The highest BCUT2D eigenvalue weighted by molar-refractivity contribution is 6.74. The molecule has 0 amide bonds. The first kappa shape index (κ1) is 18.2. The Morgan fingerprint density at radius 3 is 2.42 bits per heavy atom. The molecule has 0 unspecified atom stereocenters. The maximum absolute atomic E-state index is 11.0. The molecule has 2 aromatic heterocycles. The molecule has 0 aliphatic rings. The molecule has 0 radical (unpaired) electrons. The molecule has 24 heavy (non-hydrogen) atoms. The molecule has 0 aliphatic heterocycles. The molecular formula is C15H23N5O3Si. The van der Waals surface area contributed by atoms with E-state index in [-0.39, 0.29) is 17.0 Å². The summed E-state index contributed by atoms with van der Waals surface area (Å²) >= 11 is 0. The fraction of sp³-hybridized carbons (Fsp3) is 0.533. The molecule has 0 saturated heterocycles. The number of rotatable bonds is 5. The normalized spacial score (nSPS) is 13.8. The molecule has 9 heteroatoms. The molecule has 2 rings (SSSR count). The van der Waals surface area contributed by atoms with Crippen LogP contribution < -0.4 is 0 Å². The molecule has 0 aromatic carbocycles. The predicted molar refractivity (Wildman–Crippen MR) is 90.6 cm³/mol.